The van der Waals surface area contributed by atoms with E-state index in [1.54, 1.807) is 0 Å². The normalized spacial score (nSPS) is 10.4. The molecule has 0 atom stereocenters. The molecule has 2 rings (SSSR count). The third-order valence-corrected chi connectivity index (χ3v) is 2.89. The van der Waals surface area contributed by atoms with Crippen LogP contribution in [0.3, 0.4) is 0 Å². The van der Waals surface area contributed by atoms with E-state index in [0.29, 0.717) is 0 Å². The summed E-state index contributed by atoms with van der Waals surface area (Å²) in [6, 6.07) is 3.88. The Bertz CT molecular complexity index is 653. The molecule has 0 spiro atoms. The van der Waals surface area contributed by atoms with Gasteiger partial charge in [-0.2, -0.15) is 0 Å². The molecule has 2 nitrogen and oxygen atoms in total. The predicted molar refractivity (Wildman–Crippen MR) is 70.8 cm³/mol. The number of methoxy groups -OCH3 is 2. The first-order chi connectivity index (χ1) is 9.97. The number of hydrogen-bond donors (Lipinski definition) is 0. The zero-order valence-electron chi connectivity index (χ0n) is 11.2. The zero-order valence-corrected chi connectivity index (χ0v) is 11.2. The van der Waals surface area contributed by atoms with Gasteiger partial charge < -0.3 is 9.47 Å². The van der Waals surface area contributed by atoms with Gasteiger partial charge in [-0.3, -0.25) is 0 Å². The molecule has 0 bridgehead atoms. The third-order valence-electron chi connectivity index (χ3n) is 2.89. The Balaban J connectivity index is 2.48. The molecule has 0 saturated carbocycles. The maximum atomic E-state index is 14.0. The predicted octanol–water partition coefficient (Wildman–Crippen LogP) is 1.92. The lowest BCUT2D eigenvalue weighted by atomic mass is 9.63. The van der Waals surface area contributed by atoms with Crippen LogP contribution in [0.4, 0.5) is 17.6 Å². The van der Waals surface area contributed by atoms with E-state index in [-0.39, 0.29) is 11.5 Å². The summed E-state index contributed by atoms with van der Waals surface area (Å²) >= 11 is 0. The van der Waals surface area contributed by atoms with Crippen molar-refractivity contribution >= 4 is 18.2 Å². The van der Waals surface area contributed by atoms with E-state index in [9.17, 15) is 17.6 Å². The standard InChI is InChI=1S/C14H10BF4O2/c1-20-7-5-9(17)12(10(18)6-7)15-13-8(16)3-4-11(21-2)14(13)19/h3-6H,1-2H3. The largest absolute Gasteiger partial charge is 0.497 e. The molecule has 0 amide bonds. The van der Waals surface area contributed by atoms with Gasteiger partial charge in [-0.15, -0.1) is 0 Å². The summed E-state index contributed by atoms with van der Waals surface area (Å²) < 4.78 is 64.6. The number of hydrogen-bond acceptors (Lipinski definition) is 2. The van der Waals surface area contributed by atoms with Crippen LogP contribution in [0.15, 0.2) is 24.3 Å². The van der Waals surface area contributed by atoms with Crippen molar-refractivity contribution in [3.63, 3.8) is 0 Å². The van der Waals surface area contributed by atoms with E-state index in [0.717, 1.165) is 31.5 Å². The summed E-state index contributed by atoms with van der Waals surface area (Å²) in [5.74, 6) is -4.23. The Labute approximate surface area is 119 Å². The van der Waals surface area contributed by atoms with Gasteiger partial charge in [0.2, 0.25) is 7.28 Å². The summed E-state index contributed by atoms with van der Waals surface area (Å²) in [6.45, 7) is 0. The lowest BCUT2D eigenvalue weighted by Gasteiger charge is -2.10. The highest BCUT2D eigenvalue weighted by molar-refractivity contribution is 6.67. The van der Waals surface area contributed by atoms with Crippen LogP contribution < -0.4 is 20.4 Å². The van der Waals surface area contributed by atoms with E-state index in [4.69, 9.17) is 9.47 Å². The Morgan fingerprint density at radius 1 is 0.810 bits per heavy atom. The van der Waals surface area contributed by atoms with E-state index < -0.39 is 34.2 Å². The molecular weight excluding hydrogens is 287 g/mol. The van der Waals surface area contributed by atoms with Crippen LogP contribution in [0.1, 0.15) is 0 Å². The SMILES string of the molecule is COc1cc(F)c([B]c2c(F)ccc(OC)c2F)c(F)c1. The molecule has 0 unspecified atom stereocenters. The Kier molecular flexibility index (Phi) is 4.40. The van der Waals surface area contributed by atoms with Gasteiger partial charge >= 0.3 is 0 Å². The second-order valence-electron chi connectivity index (χ2n) is 4.13. The first kappa shape index (κ1) is 15.2. The van der Waals surface area contributed by atoms with Crippen LogP contribution in [0.5, 0.6) is 11.5 Å². The highest BCUT2D eigenvalue weighted by Crippen LogP contribution is 2.16. The average molecular weight is 297 g/mol. The van der Waals surface area contributed by atoms with Gasteiger partial charge in [0.1, 0.15) is 23.2 Å². The van der Waals surface area contributed by atoms with Gasteiger partial charge in [-0.1, -0.05) is 0 Å². The molecule has 0 heterocycles. The highest BCUT2D eigenvalue weighted by atomic mass is 19.1. The average Bonchev–Trinajstić information content (AvgIpc) is 2.45. The first-order valence-electron chi connectivity index (χ1n) is 5.87. The lowest BCUT2D eigenvalue weighted by Crippen LogP contribution is -2.36. The molecule has 0 aromatic heterocycles. The van der Waals surface area contributed by atoms with Gasteiger partial charge in [-0.25, -0.2) is 17.6 Å². The molecule has 109 valence electrons. The van der Waals surface area contributed by atoms with Crippen molar-refractivity contribution in [1.82, 2.24) is 0 Å². The molecule has 0 aliphatic carbocycles. The monoisotopic (exact) mass is 297 g/mol. The molecule has 0 fully saturated rings. The van der Waals surface area contributed by atoms with Gasteiger partial charge in [0.15, 0.2) is 11.6 Å². The van der Waals surface area contributed by atoms with Crippen molar-refractivity contribution in [1.29, 1.82) is 0 Å². The van der Waals surface area contributed by atoms with Crippen molar-refractivity contribution in [3.05, 3.63) is 47.5 Å². The van der Waals surface area contributed by atoms with Crippen molar-refractivity contribution in [2.45, 2.75) is 0 Å². The summed E-state index contributed by atoms with van der Waals surface area (Å²) in [4.78, 5) is 0. The minimum absolute atomic E-state index is 0.0336. The number of halogens is 4. The minimum atomic E-state index is -1.04. The maximum absolute atomic E-state index is 14.0. The summed E-state index contributed by atoms with van der Waals surface area (Å²) in [7, 11) is 3.20. The van der Waals surface area contributed by atoms with Crippen LogP contribution in [-0.2, 0) is 0 Å². The molecular formula is C14H10BF4O2. The van der Waals surface area contributed by atoms with Crippen LogP contribution in [0, 0.1) is 23.3 Å². The fourth-order valence-electron chi connectivity index (χ4n) is 1.80. The van der Waals surface area contributed by atoms with Crippen molar-refractivity contribution in [2.75, 3.05) is 14.2 Å². The second-order valence-corrected chi connectivity index (χ2v) is 4.13. The number of benzene rings is 2. The molecule has 1 radical (unpaired) electrons. The van der Waals surface area contributed by atoms with Crippen LogP contribution in [-0.4, -0.2) is 21.5 Å². The first-order valence-corrected chi connectivity index (χ1v) is 5.87. The van der Waals surface area contributed by atoms with Gasteiger partial charge in [0, 0.05) is 12.1 Å². The maximum Gasteiger partial charge on any atom is 0.207 e. The van der Waals surface area contributed by atoms with E-state index >= 15 is 0 Å². The Morgan fingerprint density at radius 2 is 1.43 bits per heavy atom. The van der Waals surface area contributed by atoms with E-state index in [2.05, 4.69) is 0 Å². The molecule has 0 saturated heterocycles. The lowest BCUT2D eigenvalue weighted by molar-refractivity contribution is 0.386. The fraction of sp³-hybridized carbons (Fsp3) is 0.143. The van der Waals surface area contributed by atoms with Crippen molar-refractivity contribution in [2.24, 2.45) is 0 Å². The molecule has 2 aromatic rings. The van der Waals surface area contributed by atoms with Crippen LogP contribution >= 0.6 is 0 Å². The molecule has 21 heavy (non-hydrogen) atoms. The summed E-state index contributed by atoms with van der Waals surface area (Å²) in [5, 5.41) is 0. The van der Waals surface area contributed by atoms with Crippen molar-refractivity contribution < 1.29 is 27.0 Å². The van der Waals surface area contributed by atoms with Crippen molar-refractivity contribution in [3.8, 4) is 11.5 Å². The molecule has 0 aliphatic rings. The smallest absolute Gasteiger partial charge is 0.207 e. The Hall–Kier alpha value is -2.18. The van der Waals surface area contributed by atoms with Gasteiger partial charge in [0.25, 0.3) is 0 Å². The second kappa shape index (κ2) is 6.07. The van der Waals surface area contributed by atoms with Crippen LogP contribution in [0.2, 0.25) is 0 Å². The van der Waals surface area contributed by atoms with E-state index in [1.807, 2.05) is 0 Å². The third kappa shape index (κ3) is 2.96. The van der Waals surface area contributed by atoms with E-state index in [1.165, 1.54) is 14.2 Å². The zero-order chi connectivity index (χ0) is 15.6. The number of ether oxygens (including phenoxy) is 2. The molecule has 7 heteroatoms. The fourth-order valence-corrected chi connectivity index (χ4v) is 1.80. The molecule has 0 aliphatic heterocycles. The van der Waals surface area contributed by atoms with Gasteiger partial charge in [-0.05, 0) is 23.1 Å². The quantitative estimate of drug-likeness (QED) is 0.634. The summed E-state index contributed by atoms with van der Waals surface area (Å²) in [6.07, 6.45) is 0. The summed E-state index contributed by atoms with van der Waals surface area (Å²) in [5.41, 5.74) is -1.15. The topological polar surface area (TPSA) is 18.5 Å². The minimum Gasteiger partial charge on any atom is -0.497 e. The highest BCUT2D eigenvalue weighted by Gasteiger charge is 2.20. The Morgan fingerprint density at radius 3 is 1.95 bits per heavy atom. The molecule has 0 N–H and O–H groups in total. The molecule has 2 aromatic carbocycles. The van der Waals surface area contributed by atoms with Gasteiger partial charge in [0.05, 0.1) is 14.2 Å². The van der Waals surface area contributed by atoms with Crippen LogP contribution in [0.25, 0.3) is 0 Å². The number of rotatable bonds is 4.